The van der Waals surface area contributed by atoms with Crippen LogP contribution in [0.25, 0.3) is 0 Å². The number of aromatic nitrogens is 2. The van der Waals surface area contributed by atoms with Crippen molar-refractivity contribution < 1.29 is 0 Å². The van der Waals surface area contributed by atoms with E-state index in [4.69, 9.17) is 10.7 Å². The van der Waals surface area contributed by atoms with Gasteiger partial charge in [0.2, 0.25) is 5.13 Å². The van der Waals surface area contributed by atoms with Gasteiger partial charge in [0, 0.05) is 29.2 Å². The predicted octanol–water partition coefficient (Wildman–Crippen LogP) is 3.63. The standard InChI is InChI=1S/C16H24N4S/c1-12-7-5-8-13(11-12)20(10-6-9-17)15-18-14(19-21-15)16(2,3)4/h5,7-8,11H,6,9-10,17H2,1-4H3. The number of benzene rings is 1. The molecule has 21 heavy (non-hydrogen) atoms. The average Bonchev–Trinajstić information content (AvgIpc) is 2.89. The van der Waals surface area contributed by atoms with Gasteiger partial charge in [0.25, 0.3) is 0 Å². The molecule has 4 nitrogen and oxygen atoms in total. The van der Waals surface area contributed by atoms with Crippen LogP contribution in [0.4, 0.5) is 10.8 Å². The fourth-order valence-electron chi connectivity index (χ4n) is 2.01. The van der Waals surface area contributed by atoms with E-state index in [1.165, 1.54) is 17.1 Å². The topological polar surface area (TPSA) is 55.0 Å². The van der Waals surface area contributed by atoms with Crippen LogP contribution in [0.2, 0.25) is 0 Å². The highest BCUT2D eigenvalue weighted by molar-refractivity contribution is 7.09. The summed E-state index contributed by atoms with van der Waals surface area (Å²) in [4.78, 5) is 6.95. The lowest BCUT2D eigenvalue weighted by Crippen LogP contribution is -2.21. The van der Waals surface area contributed by atoms with Gasteiger partial charge in [-0.05, 0) is 37.6 Å². The SMILES string of the molecule is Cc1cccc(N(CCCN)c2nc(C(C)(C)C)ns2)c1. The maximum absolute atomic E-state index is 5.68. The summed E-state index contributed by atoms with van der Waals surface area (Å²) < 4.78 is 4.52. The van der Waals surface area contributed by atoms with Crippen molar-refractivity contribution in [2.24, 2.45) is 5.73 Å². The number of aryl methyl sites for hydroxylation is 1. The van der Waals surface area contributed by atoms with Gasteiger partial charge in [-0.3, -0.25) is 0 Å². The van der Waals surface area contributed by atoms with Gasteiger partial charge < -0.3 is 10.6 Å². The Balaban J connectivity index is 2.34. The van der Waals surface area contributed by atoms with E-state index in [1.54, 1.807) is 0 Å². The Labute approximate surface area is 131 Å². The molecule has 0 aliphatic heterocycles. The number of nitrogens with two attached hydrogens (primary N) is 1. The smallest absolute Gasteiger partial charge is 0.209 e. The Hall–Kier alpha value is -1.46. The van der Waals surface area contributed by atoms with Gasteiger partial charge in [-0.25, -0.2) is 4.98 Å². The van der Waals surface area contributed by atoms with E-state index in [2.05, 4.69) is 61.2 Å². The Morgan fingerprint density at radius 2 is 2.05 bits per heavy atom. The third kappa shape index (κ3) is 4.02. The summed E-state index contributed by atoms with van der Waals surface area (Å²) in [6.07, 6.45) is 0.929. The van der Waals surface area contributed by atoms with Gasteiger partial charge in [-0.2, -0.15) is 4.37 Å². The second-order valence-corrected chi connectivity index (χ2v) is 7.01. The van der Waals surface area contributed by atoms with E-state index >= 15 is 0 Å². The molecule has 2 N–H and O–H groups in total. The molecule has 1 aromatic heterocycles. The van der Waals surface area contributed by atoms with Crippen LogP contribution in [0.3, 0.4) is 0 Å². The second kappa shape index (κ2) is 6.54. The Morgan fingerprint density at radius 3 is 2.62 bits per heavy atom. The quantitative estimate of drug-likeness (QED) is 0.916. The molecule has 0 atom stereocenters. The first-order chi connectivity index (χ1) is 9.91. The molecule has 0 spiro atoms. The molecular formula is C16H24N4S. The number of rotatable bonds is 5. The maximum Gasteiger partial charge on any atom is 0.209 e. The zero-order valence-electron chi connectivity index (χ0n) is 13.3. The van der Waals surface area contributed by atoms with Gasteiger partial charge in [-0.1, -0.05) is 32.9 Å². The van der Waals surface area contributed by atoms with Crippen molar-refractivity contribution in [3.63, 3.8) is 0 Å². The zero-order chi connectivity index (χ0) is 15.5. The Morgan fingerprint density at radius 1 is 1.29 bits per heavy atom. The molecule has 0 unspecified atom stereocenters. The van der Waals surface area contributed by atoms with Crippen molar-refractivity contribution in [2.45, 2.75) is 39.5 Å². The van der Waals surface area contributed by atoms with Crippen LogP contribution in [-0.2, 0) is 5.41 Å². The summed E-state index contributed by atoms with van der Waals surface area (Å²) in [7, 11) is 0. The first-order valence-corrected chi connectivity index (χ1v) is 8.07. The van der Waals surface area contributed by atoms with Crippen molar-refractivity contribution in [2.75, 3.05) is 18.0 Å². The summed E-state index contributed by atoms with van der Waals surface area (Å²) >= 11 is 1.46. The monoisotopic (exact) mass is 304 g/mol. The predicted molar refractivity (Wildman–Crippen MR) is 90.5 cm³/mol. The van der Waals surface area contributed by atoms with Crippen LogP contribution in [0.5, 0.6) is 0 Å². The Bertz CT molecular complexity index is 586. The molecule has 0 amide bonds. The number of anilines is 2. The molecule has 5 heteroatoms. The minimum absolute atomic E-state index is 0.0269. The number of hydrogen-bond donors (Lipinski definition) is 1. The summed E-state index contributed by atoms with van der Waals surface area (Å²) in [5.74, 6) is 0.896. The fraction of sp³-hybridized carbons (Fsp3) is 0.500. The van der Waals surface area contributed by atoms with E-state index in [9.17, 15) is 0 Å². The highest BCUT2D eigenvalue weighted by atomic mass is 32.1. The fourth-order valence-corrected chi connectivity index (χ4v) is 2.92. The number of hydrogen-bond acceptors (Lipinski definition) is 5. The van der Waals surface area contributed by atoms with Crippen LogP contribution < -0.4 is 10.6 Å². The molecule has 1 heterocycles. The van der Waals surface area contributed by atoms with Crippen LogP contribution in [0.15, 0.2) is 24.3 Å². The van der Waals surface area contributed by atoms with Crippen molar-refractivity contribution in [1.29, 1.82) is 0 Å². The summed E-state index contributed by atoms with van der Waals surface area (Å²) in [5.41, 5.74) is 8.05. The lowest BCUT2D eigenvalue weighted by molar-refractivity contribution is 0.554. The van der Waals surface area contributed by atoms with Crippen LogP contribution in [0.1, 0.15) is 38.6 Å². The highest BCUT2D eigenvalue weighted by Crippen LogP contribution is 2.30. The van der Waals surface area contributed by atoms with Crippen molar-refractivity contribution >= 4 is 22.4 Å². The molecular weight excluding hydrogens is 280 g/mol. The lowest BCUT2D eigenvalue weighted by Gasteiger charge is -2.22. The average molecular weight is 304 g/mol. The minimum atomic E-state index is -0.0269. The normalized spacial score (nSPS) is 11.7. The van der Waals surface area contributed by atoms with Crippen LogP contribution in [-0.4, -0.2) is 22.4 Å². The molecule has 0 radical (unpaired) electrons. The van der Waals surface area contributed by atoms with E-state index in [0.717, 1.165) is 29.6 Å². The largest absolute Gasteiger partial charge is 0.330 e. The van der Waals surface area contributed by atoms with Crippen molar-refractivity contribution in [1.82, 2.24) is 9.36 Å². The summed E-state index contributed by atoms with van der Waals surface area (Å²) in [6, 6.07) is 8.47. The van der Waals surface area contributed by atoms with Gasteiger partial charge in [0.15, 0.2) is 0 Å². The highest BCUT2D eigenvalue weighted by Gasteiger charge is 2.22. The minimum Gasteiger partial charge on any atom is -0.330 e. The van der Waals surface area contributed by atoms with Gasteiger partial charge in [0.1, 0.15) is 5.82 Å². The second-order valence-electron chi connectivity index (χ2n) is 6.28. The number of nitrogens with zero attached hydrogens (tertiary/aromatic N) is 3. The van der Waals surface area contributed by atoms with Crippen LogP contribution >= 0.6 is 11.5 Å². The van der Waals surface area contributed by atoms with E-state index < -0.39 is 0 Å². The molecule has 0 aliphatic carbocycles. The van der Waals surface area contributed by atoms with Crippen LogP contribution in [0, 0.1) is 6.92 Å². The molecule has 114 valence electrons. The van der Waals surface area contributed by atoms with E-state index in [-0.39, 0.29) is 5.41 Å². The summed E-state index contributed by atoms with van der Waals surface area (Å²) in [5, 5.41) is 0.943. The molecule has 1 aromatic carbocycles. The molecule has 2 rings (SSSR count). The van der Waals surface area contributed by atoms with E-state index in [0.29, 0.717) is 6.54 Å². The third-order valence-electron chi connectivity index (χ3n) is 3.22. The van der Waals surface area contributed by atoms with Crippen molar-refractivity contribution in [3.05, 3.63) is 35.7 Å². The zero-order valence-corrected chi connectivity index (χ0v) is 14.1. The molecule has 0 bridgehead atoms. The van der Waals surface area contributed by atoms with Gasteiger partial charge >= 0.3 is 0 Å². The molecule has 0 aliphatic rings. The van der Waals surface area contributed by atoms with Gasteiger partial charge in [-0.15, -0.1) is 0 Å². The first-order valence-electron chi connectivity index (χ1n) is 7.30. The molecule has 2 aromatic rings. The Kier molecular flexibility index (Phi) is 4.96. The lowest BCUT2D eigenvalue weighted by atomic mass is 9.96. The third-order valence-corrected chi connectivity index (χ3v) is 3.96. The van der Waals surface area contributed by atoms with Crippen molar-refractivity contribution in [3.8, 4) is 0 Å². The molecule has 0 saturated heterocycles. The van der Waals surface area contributed by atoms with E-state index in [1.807, 2.05) is 0 Å². The van der Waals surface area contributed by atoms with Gasteiger partial charge in [0.05, 0.1) is 0 Å². The molecule has 0 saturated carbocycles. The summed E-state index contributed by atoms with van der Waals surface area (Å²) in [6.45, 7) is 10.0. The molecule has 0 fully saturated rings. The maximum atomic E-state index is 5.68. The first kappa shape index (κ1) is 15.9.